The molecule has 0 atom stereocenters. The third kappa shape index (κ3) is 5.07. The van der Waals surface area contributed by atoms with E-state index in [4.69, 9.17) is 5.26 Å². The van der Waals surface area contributed by atoms with Gasteiger partial charge in [-0.05, 0) is 34.7 Å². The molecule has 0 bridgehead atoms. The number of carboxylic acid groups (broad SMARTS) is 1. The molecule has 9 nitrogen and oxygen atoms in total. The van der Waals surface area contributed by atoms with E-state index in [-0.39, 0.29) is 30.2 Å². The zero-order chi connectivity index (χ0) is 20.1. The van der Waals surface area contributed by atoms with Gasteiger partial charge in [-0.25, -0.2) is 14.8 Å². The van der Waals surface area contributed by atoms with Crippen LogP contribution in [-0.4, -0.2) is 62.7 Å². The van der Waals surface area contributed by atoms with Gasteiger partial charge in [-0.2, -0.15) is 10.2 Å². The zero-order valence-corrected chi connectivity index (χ0v) is 17.2. The van der Waals surface area contributed by atoms with E-state index < -0.39 is 6.09 Å². The lowest BCUT2D eigenvalue weighted by Crippen LogP contribution is -2.56. The third-order valence-corrected chi connectivity index (χ3v) is 4.88. The van der Waals surface area contributed by atoms with Crippen LogP contribution < -0.4 is 5.01 Å². The summed E-state index contributed by atoms with van der Waals surface area (Å²) >= 11 is 3.39. The Hall–Kier alpha value is -2.41. The molecule has 1 aromatic rings. The lowest BCUT2D eigenvalue weighted by molar-refractivity contribution is -0.129. The number of amides is 2. The van der Waals surface area contributed by atoms with Crippen molar-refractivity contribution < 1.29 is 14.7 Å². The van der Waals surface area contributed by atoms with Crippen molar-refractivity contribution in [1.29, 1.82) is 5.26 Å². The summed E-state index contributed by atoms with van der Waals surface area (Å²) in [5, 5.41) is 21.9. The number of anilines is 1. The molecule has 146 valence electrons. The van der Waals surface area contributed by atoms with Crippen molar-refractivity contribution >= 4 is 33.7 Å². The van der Waals surface area contributed by atoms with E-state index in [1.807, 2.05) is 19.9 Å². The molecule has 2 rings (SSSR count). The largest absolute Gasteiger partial charge is 0.464 e. The first-order valence-corrected chi connectivity index (χ1v) is 9.51. The van der Waals surface area contributed by atoms with Crippen LogP contribution in [0.25, 0.3) is 0 Å². The number of carbonyl (C=O) groups is 2. The van der Waals surface area contributed by atoms with Crippen LogP contribution in [0.5, 0.6) is 0 Å². The Morgan fingerprint density at radius 2 is 2.07 bits per heavy atom. The number of carbonyl (C=O) groups excluding carboxylic acids is 1. The molecule has 0 spiro atoms. The summed E-state index contributed by atoms with van der Waals surface area (Å²) in [7, 11) is 0. The monoisotopic (exact) mass is 438 g/mol. The average molecular weight is 439 g/mol. The van der Waals surface area contributed by atoms with Gasteiger partial charge in [0.05, 0.1) is 10.5 Å². The maximum atomic E-state index is 12.0. The fourth-order valence-electron chi connectivity index (χ4n) is 3.09. The number of nitriles is 1. The molecule has 0 aliphatic carbocycles. The van der Waals surface area contributed by atoms with Crippen molar-refractivity contribution in [3.05, 3.63) is 16.5 Å². The maximum absolute atomic E-state index is 12.0. The molecule has 1 N–H and O–H groups in total. The summed E-state index contributed by atoms with van der Waals surface area (Å²) in [5.41, 5.74) is 0. The molecule has 0 aromatic carbocycles. The number of halogens is 1. The van der Waals surface area contributed by atoms with Crippen molar-refractivity contribution in [2.75, 3.05) is 24.6 Å². The Morgan fingerprint density at radius 3 is 2.56 bits per heavy atom. The third-order valence-electron chi connectivity index (χ3n) is 4.32. The Kier molecular flexibility index (Phi) is 6.96. The minimum absolute atomic E-state index is 0.00672. The molecule has 1 aliphatic rings. The number of rotatable bonds is 5. The first-order valence-electron chi connectivity index (χ1n) is 8.72. The van der Waals surface area contributed by atoms with Crippen LogP contribution >= 0.6 is 15.9 Å². The summed E-state index contributed by atoms with van der Waals surface area (Å²) in [4.78, 5) is 33.6. The second kappa shape index (κ2) is 8.99. The second-order valence-corrected chi connectivity index (χ2v) is 7.67. The van der Waals surface area contributed by atoms with Gasteiger partial charge in [-0.3, -0.25) is 9.80 Å². The standard InChI is InChI=1S/C17H23BrN6O3/c1-11(2)10-23(17(26)27)24(13-4-6-22(7-5-13)12(3)25)16-14(18)9-20-15(8-19)21-16/h9,11,13H,4-7,10H2,1-3H3,(H,26,27). The van der Waals surface area contributed by atoms with E-state index in [0.29, 0.717) is 36.2 Å². The molecule has 1 fully saturated rings. The van der Waals surface area contributed by atoms with Gasteiger partial charge in [-0.15, -0.1) is 0 Å². The van der Waals surface area contributed by atoms with Crippen LogP contribution in [0.1, 0.15) is 39.4 Å². The Labute approximate surface area is 166 Å². The average Bonchev–Trinajstić information content (AvgIpc) is 2.62. The number of aromatic nitrogens is 2. The number of hydrogen-bond acceptors (Lipinski definition) is 6. The van der Waals surface area contributed by atoms with E-state index in [1.54, 1.807) is 9.91 Å². The van der Waals surface area contributed by atoms with Gasteiger partial charge >= 0.3 is 6.09 Å². The highest BCUT2D eigenvalue weighted by molar-refractivity contribution is 9.10. The van der Waals surface area contributed by atoms with Crippen molar-refractivity contribution in [2.45, 2.75) is 39.7 Å². The minimum atomic E-state index is -1.10. The number of likely N-dealkylation sites (tertiary alicyclic amines) is 1. The lowest BCUT2D eigenvalue weighted by atomic mass is 10.0. The lowest BCUT2D eigenvalue weighted by Gasteiger charge is -2.43. The van der Waals surface area contributed by atoms with Crippen molar-refractivity contribution in [1.82, 2.24) is 19.9 Å². The van der Waals surface area contributed by atoms with Crippen LogP contribution in [-0.2, 0) is 4.79 Å². The van der Waals surface area contributed by atoms with Gasteiger partial charge in [0, 0.05) is 32.8 Å². The molecule has 10 heteroatoms. The summed E-state index contributed by atoms with van der Waals surface area (Å²) in [6.45, 7) is 6.75. The van der Waals surface area contributed by atoms with Gasteiger partial charge < -0.3 is 10.0 Å². The Morgan fingerprint density at radius 1 is 1.44 bits per heavy atom. The summed E-state index contributed by atoms with van der Waals surface area (Å²) in [5.74, 6) is 0.407. The van der Waals surface area contributed by atoms with Crippen LogP contribution in [0, 0.1) is 17.2 Å². The Bertz CT molecular complexity index is 743. The molecular weight excluding hydrogens is 416 g/mol. The number of hydrogen-bond donors (Lipinski definition) is 1. The van der Waals surface area contributed by atoms with Crippen LogP contribution in [0.15, 0.2) is 10.7 Å². The summed E-state index contributed by atoms with van der Waals surface area (Å²) < 4.78 is 0.505. The molecule has 27 heavy (non-hydrogen) atoms. The topological polar surface area (TPSA) is 114 Å². The van der Waals surface area contributed by atoms with Gasteiger partial charge in [0.1, 0.15) is 6.07 Å². The molecule has 0 unspecified atom stereocenters. The van der Waals surface area contributed by atoms with E-state index in [9.17, 15) is 14.7 Å². The van der Waals surface area contributed by atoms with Crippen molar-refractivity contribution in [3.63, 3.8) is 0 Å². The highest BCUT2D eigenvalue weighted by Crippen LogP contribution is 2.30. The van der Waals surface area contributed by atoms with Crippen LogP contribution in [0.4, 0.5) is 10.6 Å². The fourth-order valence-corrected chi connectivity index (χ4v) is 3.46. The van der Waals surface area contributed by atoms with Gasteiger partial charge in [0.2, 0.25) is 11.7 Å². The first-order chi connectivity index (χ1) is 12.7. The van der Waals surface area contributed by atoms with Gasteiger partial charge in [-0.1, -0.05) is 13.8 Å². The molecule has 0 saturated carbocycles. The SMILES string of the molecule is CC(=O)N1CCC(N(c2nc(C#N)ncc2Br)N(CC(C)C)C(=O)O)CC1. The first kappa shape index (κ1) is 20.9. The number of nitrogens with zero attached hydrogens (tertiary/aromatic N) is 6. The second-order valence-electron chi connectivity index (χ2n) is 6.82. The number of hydrazine groups is 1. The molecule has 1 aliphatic heterocycles. The van der Waals surface area contributed by atoms with Crippen LogP contribution in [0.3, 0.4) is 0 Å². The van der Waals surface area contributed by atoms with E-state index in [1.165, 1.54) is 18.1 Å². The molecule has 1 saturated heterocycles. The van der Waals surface area contributed by atoms with Crippen LogP contribution in [0.2, 0.25) is 0 Å². The predicted molar refractivity (Wildman–Crippen MR) is 102 cm³/mol. The summed E-state index contributed by atoms with van der Waals surface area (Å²) in [6.07, 6.45) is 1.55. The number of piperidine rings is 1. The smallest absolute Gasteiger partial charge is 0.426 e. The van der Waals surface area contributed by atoms with E-state index in [2.05, 4.69) is 25.9 Å². The summed E-state index contributed by atoms with van der Waals surface area (Å²) in [6, 6.07) is 1.72. The molecule has 1 aromatic heterocycles. The van der Waals surface area contributed by atoms with E-state index in [0.717, 1.165) is 0 Å². The zero-order valence-electron chi connectivity index (χ0n) is 15.6. The molecular formula is C17H23BrN6O3. The molecule has 2 heterocycles. The minimum Gasteiger partial charge on any atom is -0.464 e. The molecule has 2 amide bonds. The maximum Gasteiger partial charge on any atom is 0.426 e. The highest BCUT2D eigenvalue weighted by Gasteiger charge is 2.34. The Balaban J connectivity index is 2.44. The van der Waals surface area contributed by atoms with Crippen molar-refractivity contribution in [3.8, 4) is 6.07 Å². The van der Waals surface area contributed by atoms with Gasteiger partial charge in [0.25, 0.3) is 0 Å². The van der Waals surface area contributed by atoms with Gasteiger partial charge in [0.15, 0.2) is 5.82 Å². The molecule has 0 radical (unpaired) electrons. The quantitative estimate of drug-likeness (QED) is 0.702. The normalized spacial score (nSPS) is 14.7. The highest BCUT2D eigenvalue weighted by atomic mass is 79.9. The van der Waals surface area contributed by atoms with Crippen molar-refractivity contribution in [2.24, 2.45) is 5.92 Å². The van der Waals surface area contributed by atoms with E-state index >= 15 is 0 Å². The predicted octanol–water partition coefficient (Wildman–Crippen LogP) is 2.48. The fraction of sp³-hybridized carbons (Fsp3) is 0.588.